The Morgan fingerprint density at radius 2 is 2.00 bits per heavy atom. The lowest BCUT2D eigenvalue weighted by Gasteiger charge is -2.14. The van der Waals surface area contributed by atoms with Crippen molar-refractivity contribution in [2.24, 2.45) is 5.92 Å². The van der Waals surface area contributed by atoms with E-state index in [1.165, 1.54) is 48.6 Å². The number of fused-ring (bicyclic) bond motifs is 1. The van der Waals surface area contributed by atoms with Crippen molar-refractivity contribution in [2.75, 3.05) is 6.61 Å². The summed E-state index contributed by atoms with van der Waals surface area (Å²) in [5.74, 6) is 0.431. The van der Waals surface area contributed by atoms with Crippen LogP contribution in [0.5, 0.6) is 5.75 Å². The topological polar surface area (TPSA) is 104 Å². The van der Waals surface area contributed by atoms with Gasteiger partial charge in [-0.25, -0.2) is 14.2 Å². The maximum absolute atomic E-state index is 14.6. The Bertz CT molecular complexity index is 1400. The number of ether oxygens (including phenoxy) is 2. The fraction of sp³-hybridized carbons (Fsp3) is 0.321. The minimum Gasteiger partial charge on any atom is -0.493 e. The Balaban J connectivity index is 1.37. The van der Waals surface area contributed by atoms with Gasteiger partial charge in [0.05, 0.1) is 40.2 Å². The van der Waals surface area contributed by atoms with Crippen LogP contribution in [0.15, 0.2) is 66.0 Å². The molecule has 0 aliphatic heterocycles. The first-order valence-corrected chi connectivity index (χ1v) is 13.6. The summed E-state index contributed by atoms with van der Waals surface area (Å²) >= 11 is 0. The molecule has 0 radical (unpaired) electrons. The lowest BCUT2D eigenvalue weighted by Crippen LogP contribution is -2.19. The van der Waals surface area contributed by atoms with Gasteiger partial charge in [-0.3, -0.25) is 13.8 Å². The number of aliphatic hydroxyl groups is 1. The van der Waals surface area contributed by atoms with Crippen molar-refractivity contribution >= 4 is 28.9 Å². The van der Waals surface area contributed by atoms with Crippen LogP contribution in [-0.4, -0.2) is 42.1 Å². The monoisotopic (exact) mass is 537 g/mol. The molecule has 1 saturated carbocycles. The SMILES string of the molecule is CC1(F)C=Cc2nc(S(=O)Cc3cc(OCC4CC4)ccn3)n(COC(=O)C(O)c3ccccc3)c2C=C1. The number of carbonyl (C=O) groups excluding carboxylic acids is 1. The van der Waals surface area contributed by atoms with E-state index in [-0.39, 0.29) is 17.6 Å². The molecule has 3 atom stereocenters. The molecule has 2 heterocycles. The molecule has 198 valence electrons. The predicted molar refractivity (Wildman–Crippen MR) is 140 cm³/mol. The van der Waals surface area contributed by atoms with Crippen molar-refractivity contribution in [3.05, 3.63) is 83.5 Å². The first-order chi connectivity index (χ1) is 18.3. The van der Waals surface area contributed by atoms with Crippen LogP contribution in [0.1, 0.15) is 48.5 Å². The fourth-order valence-electron chi connectivity index (χ4n) is 3.90. The molecule has 2 aliphatic carbocycles. The van der Waals surface area contributed by atoms with Crippen LogP contribution in [0, 0.1) is 5.92 Å². The van der Waals surface area contributed by atoms with Gasteiger partial charge < -0.3 is 14.6 Å². The Morgan fingerprint density at radius 1 is 1.24 bits per heavy atom. The molecule has 1 N–H and O–H groups in total. The smallest absolute Gasteiger partial charge is 0.341 e. The van der Waals surface area contributed by atoms with Gasteiger partial charge in [0, 0.05) is 12.3 Å². The summed E-state index contributed by atoms with van der Waals surface area (Å²) in [4.78, 5) is 21.4. The number of nitrogens with zero attached hydrogens (tertiary/aromatic N) is 3. The molecule has 2 aliphatic rings. The zero-order chi connectivity index (χ0) is 26.7. The Kier molecular flexibility index (Phi) is 7.53. The molecule has 0 bridgehead atoms. The molecule has 8 nitrogen and oxygen atoms in total. The maximum atomic E-state index is 14.6. The van der Waals surface area contributed by atoms with E-state index in [9.17, 15) is 18.5 Å². The molecule has 2 aromatic heterocycles. The number of rotatable bonds is 10. The van der Waals surface area contributed by atoms with Gasteiger partial charge >= 0.3 is 5.97 Å². The minimum absolute atomic E-state index is 0.0470. The first kappa shape index (κ1) is 26.0. The second kappa shape index (κ2) is 11.0. The van der Waals surface area contributed by atoms with E-state index in [1.807, 2.05) is 0 Å². The lowest BCUT2D eigenvalue weighted by atomic mass is 10.1. The van der Waals surface area contributed by atoms with Crippen LogP contribution in [0.25, 0.3) is 12.2 Å². The van der Waals surface area contributed by atoms with Crippen LogP contribution in [0.4, 0.5) is 4.39 Å². The van der Waals surface area contributed by atoms with Gasteiger partial charge in [0.2, 0.25) is 5.16 Å². The number of alkyl halides is 1. The standard InChI is InChI=1S/C28H28FN3O5S/c1-28(29)12-9-23-24(10-13-28)32(18-37-26(34)25(33)20-5-3-2-4-6-20)27(31-23)38(35)17-21-15-22(11-14-30-21)36-16-19-7-8-19/h2-6,9-15,19,25,33H,7-8,16-18H2,1H3. The molecular formula is C28H28FN3O5S. The van der Waals surface area contributed by atoms with Gasteiger partial charge in [-0.05, 0) is 61.6 Å². The molecule has 1 fully saturated rings. The van der Waals surface area contributed by atoms with Gasteiger partial charge in [-0.1, -0.05) is 30.3 Å². The number of aromatic nitrogens is 3. The quantitative estimate of drug-likeness (QED) is 0.383. The highest BCUT2D eigenvalue weighted by Gasteiger charge is 2.26. The van der Waals surface area contributed by atoms with E-state index in [0.717, 1.165) is 0 Å². The molecule has 0 amide bonds. The highest BCUT2D eigenvalue weighted by atomic mass is 32.2. The van der Waals surface area contributed by atoms with E-state index in [0.29, 0.717) is 40.9 Å². The van der Waals surface area contributed by atoms with Crippen molar-refractivity contribution in [3.8, 4) is 5.75 Å². The Hall–Kier alpha value is -3.63. The molecule has 10 heteroatoms. The highest BCUT2D eigenvalue weighted by molar-refractivity contribution is 7.84. The van der Waals surface area contributed by atoms with Crippen molar-refractivity contribution in [3.63, 3.8) is 0 Å². The number of aliphatic hydroxyl groups excluding tert-OH is 1. The third-order valence-electron chi connectivity index (χ3n) is 6.26. The van der Waals surface area contributed by atoms with E-state index in [2.05, 4.69) is 9.97 Å². The minimum atomic E-state index is -1.70. The zero-order valence-electron chi connectivity index (χ0n) is 20.8. The van der Waals surface area contributed by atoms with Crippen molar-refractivity contribution in [1.29, 1.82) is 0 Å². The van der Waals surface area contributed by atoms with Gasteiger partial charge in [0.25, 0.3) is 0 Å². The Labute approximate surface area is 222 Å². The largest absolute Gasteiger partial charge is 0.493 e. The van der Waals surface area contributed by atoms with Crippen LogP contribution >= 0.6 is 0 Å². The van der Waals surface area contributed by atoms with Crippen LogP contribution in [0.3, 0.4) is 0 Å². The number of allylic oxidation sites excluding steroid dienone is 2. The summed E-state index contributed by atoms with van der Waals surface area (Å²) in [6, 6.07) is 11.9. The van der Waals surface area contributed by atoms with Crippen molar-refractivity contribution in [1.82, 2.24) is 14.5 Å². The van der Waals surface area contributed by atoms with E-state index in [4.69, 9.17) is 9.47 Å². The number of esters is 1. The molecule has 0 saturated heterocycles. The summed E-state index contributed by atoms with van der Waals surface area (Å²) in [6.45, 7) is 1.68. The normalized spacial score (nSPS) is 19.9. The molecular weight excluding hydrogens is 509 g/mol. The summed E-state index contributed by atoms with van der Waals surface area (Å²) < 4.78 is 40.8. The van der Waals surface area contributed by atoms with Crippen LogP contribution in [-0.2, 0) is 32.8 Å². The number of pyridine rings is 1. The number of carbonyl (C=O) groups is 1. The molecule has 0 spiro atoms. The second-order valence-electron chi connectivity index (χ2n) is 9.54. The van der Waals surface area contributed by atoms with Crippen molar-refractivity contribution < 1.29 is 28.0 Å². The summed E-state index contributed by atoms with van der Waals surface area (Å²) in [5, 5.41) is 10.5. The number of benzene rings is 1. The number of hydrogen-bond acceptors (Lipinski definition) is 7. The van der Waals surface area contributed by atoms with Gasteiger partial charge in [0.1, 0.15) is 11.4 Å². The number of imidazole rings is 1. The number of hydrogen-bond donors (Lipinski definition) is 1. The van der Waals surface area contributed by atoms with E-state index < -0.39 is 28.5 Å². The third kappa shape index (κ3) is 6.25. The first-order valence-electron chi connectivity index (χ1n) is 12.3. The Morgan fingerprint density at radius 3 is 2.76 bits per heavy atom. The van der Waals surface area contributed by atoms with Crippen molar-refractivity contribution in [2.45, 2.75) is 49.2 Å². The maximum Gasteiger partial charge on any atom is 0.341 e. The second-order valence-corrected chi connectivity index (χ2v) is 10.9. The van der Waals surface area contributed by atoms with Gasteiger partial charge in [-0.2, -0.15) is 0 Å². The van der Waals surface area contributed by atoms with Crippen LogP contribution < -0.4 is 4.74 Å². The zero-order valence-corrected chi connectivity index (χ0v) is 21.6. The predicted octanol–water partition coefficient (Wildman–Crippen LogP) is 4.38. The molecule has 1 aromatic carbocycles. The fourth-order valence-corrected chi connectivity index (χ4v) is 5.05. The van der Waals surface area contributed by atoms with Gasteiger partial charge in [-0.15, -0.1) is 0 Å². The summed E-state index contributed by atoms with van der Waals surface area (Å²) in [7, 11) is -1.69. The number of halogens is 1. The average molecular weight is 538 g/mol. The highest BCUT2D eigenvalue weighted by Crippen LogP contribution is 2.30. The average Bonchev–Trinajstić information content (AvgIpc) is 3.70. The van der Waals surface area contributed by atoms with E-state index in [1.54, 1.807) is 48.7 Å². The summed E-state index contributed by atoms with van der Waals surface area (Å²) in [6.07, 6.45) is 8.21. The van der Waals surface area contributed by atoms with Gasteiger partial charge in [0.15, 0.2) is 12.8 Å². The van der Waals surface area contributed by atoms with Crippen LogP contribution in [0.2, 0.25) is 0 Å². The molecule has 38 heavy (non-hydrogen) atoms. The molecule has 3 aromatic rings. The molecule has 5 rings (SSSR count). The molecule has 3 unspecified atom stereocenters. The lowest BCUT2D eigenvalue weighted by molar-refractivity contribution is -0.158. The van der Waals surface area contributed by atoms with E-state index >= 15 is 0 Å². The third-order valence-corrected chi connectivity index (χ3v) is 7.54. The summed E-state index contributed by atoms with van der Waals surface area (Å²) in [5.41, 5.74) is 0.0649.